The monoisotopic (exact) mass is 353 g/mol. The summed E-state index contributed by atoms with van der Waals surface area (Å²) in [7, 11) is 0. The molecule has 1 saturated heterocycles. The molecule has 0 atom stereocenters. The summed E-state index contributed by atoms with van der Waals surface area (Å²) in [6.07, 6.45) is 1.92. The van der Waals surface area contributed by atoms with Crippen LogP contribution in [0.3, 0.4) is 0 Å². The minimum Gasteiger partial charge on any atom is -0.444 e. The Bertz CT molecular complexity index is 781. The summed E-state index contributed by atoms with van der Waals surface area (Å²) in [5.74, 6) is -0.374. The van der Waals surface area contributed by atoms with Gasteiger partial charge < -0.3 is 20.6 Å². The van der Waals surface area contributed by atoms with Crippen LogP contribution in [0.4, 0.5) is 4.79 Å². The summed E-state index contributed by atoms with van der Waals surface area (Å²) in [5.41, 5.74) is 3.51. The highest BCUT2D eigenvalue weighted by Gasteiger charge is 2.28. The summed E-state index contributed by atoms with van der Waals surface area (Å²) in [5, 5.41) is 11.5. The van der Waals surface area contributed by atoms with Gasteiger partial charge in [-0.15, -0.1) is 0 Å². The van der Waals surface area contributed by atoms with Crippen LogP contribution >= 0.6 is 0 Å². The van der Waals surface area contributed by atoms with Crippen LogP contribution in [0.25, 0.3) is 0 Å². The number of oxime groups is 1. The number of carbonyl (C=O) groups is 1. The van der Waals surface area contributed by atoms with Crippen molar-refractivity contribution in [2.45, 2.75) is 45.3 Å². The minimum absolute atomic E-state index is 0.0864. The molecular weight excluding hydrogens is 330 g/mol. The van der Waals surface area contributed by atoms with Crippen LogP contribution in [-0.2, 0) is 4.74 Å². The molecule has 1 aliphatic rings. The van der Waals surface area contributed by atoms with E-state index in [2.05, 4.69) is 10.1 Å². The summed E-state index contributed by atoms with van der Waals surface area (Å²) < 4.78 is 6.68. The van der Waals surface area contributed by atoms with Gasteiger partial charge in [-0.05, 0) is 33.6 Å². The Labute approximate surface area is 143 Å². The minimum atomic E-state index is -0.720. The normalized spacial score (nSPS) is 16.8. The highest BCUT2D eigenvalue weighted by atomic mass is 16.6. The molecule has 10 heteroatoms. The number of nitrogens with one attached hydrogen (secondary N) is 1. The number of piperidine rings is 1. The molecule has 1 fully saturated rings. The average Bonchev–Trinajstić information content (AvgIpc) is 2.53. The highest BCUT2D eigenvalue weighted by Crippen LogP contribution is 2.22. The van der Waals surface area contributed by atoms with Gasteiger partial charge >= 0.3 is 11.8 Å². The van der Waals surface area contributed by atoms with Crippen molar-refractivity contribution in [3.8, 4) is 0 Å². The number of amidine groups is 1. The molecule has 1 aromatic heterocycles. The Kier molecular flexibility index (Phi) is 5.19. The molecule has 2 heterocycles. The molecular formula is C15H23N5O5. The quantitative estimate of drug-likeness (QED) is 0.300. The zero-order valence-electron chi connectivity index (χ0n) is 14.5. The van der Waals surface area contributed by atoms with Gasteiger partial charge in [-0.2, -0.15) is 0 Å². The fourth-order valence-electron chi connectivity index (χ4n) is 2.65. The summed E-state index contributed by atoms with van der Waals surface area (Å²) in [6, 6.07) is -0.215. The highest BCUT2D eigenvalue weighted by molar-refractivity contribution is 5.96. The molecule has 1 aliphatic heterocycles. The van der Waals surface area contributed by atoms with Crippen molar-refractivity contribution in [1.82, 2.24) is 14.5 Å². The number of amides is 1. The molecule has 138 valence electrons. The van der Waals surface area contributed by atoms with Crippen molar-refractivity contribution in [1.29, 1.82) is 0 Å². The number of nitrogens with zero attached hydrogens (tertiary/aromatic N) is 3. The topological polar surface area (TPSA) is 143 Å². The number of hydrogen-bond acceptors (Lipinski definition) is 6. The third-order valence-corrected chi connectivity index (χ3v) is 3.86. The van der Waals surface area contributed by atoms with Gasteiger partial charge in [-0.25, -0.2) is 9.59 Å². The van der Waals surface area contributed by atoms with Crippen molar-refractivity contribution >= 4 is 11.9 Å². The molecule has 0 aromatic carbocycles. The Morgan fingerprint density at radius 2 is 1.96 bits per heavy atom. The second-order valence-corrected chi connectivity index (χ2v) is 6.89. The number of H-pyrrole nitrogens is 1. The lowest BCUT2D eigenvalue weighted by Gasteiger charge is -2.34. The van der Waals surface area contributed by atoms with E-state index in [-0.39, 0.29) is 17.4 Å². The number of aromatic nitrogens is 2. The molecule has 10 nitrogen and oxygen atoms in total. The Morgan fingerprint density at radius 3 is 2.48 bits per heavy atom. The number of aromatic amines is 1. The summed E-state index contributed by atoms with van der Waals surface area (Å²) in [4.78, 5) is 39.6. The van der Waals surface area contributed by atoms with E-state index in [1.165, 1.54) is 10.8 Å². The Hall–Kier alpha value is -2.78. The average molecular weight is 353 g/mol. The molecule has 0 bridgehead atoms. The largest absolute Gasteiger partial charge is 0.444 e. The van der Waals surface area contributed by atoms with Gasteiger partial charge in [0.15, 0.2) is 5.84 Å². The lowest BCUT2D eigenvalue weighted by Crippen LogP contribution is -2.44. The first kappa shape index (κ1) is 18.6. The van der Waals surface area contributed by atoms with E-state index in [4.69, 9.17) is 15.7 Å². The van der Waals surface area contributed by atoms with Crippen LogP contribution in [0.1, 0.15) is 45.2 Å². The third-order valence-electron chi connectivity index (χ3n) is 3.86. The summed E-state index contributed by atoms with van der Waals surface area (Å²) >= 11 is 0. The van der Waals surface area contributed by atoms with Gasteiger partial charge in [0.2, 0.25) is 0 Å². The molecule has 0 saturated carbocycles. The smallest absolute Gasteiger partial charge is 0.410 e. The molecule has 4 N–H and O–H groups in total. The predicted octanol–water partition coefficient (Wildman–Crippen LogP) is 0.203. The number of carbonyl (C=O) groups excluding carboxylic acids is 1. The number of rotatable bonds is 2. The lowest BCUT2D eigenvalue weighted by atomic mass is 10.0. The van der Waals surface area contributed by atoms with Gasteiger partial charge in [0.25, 0.3) is 5.56 Å². The first-order valence-corrected chi connectivity index (χ1v) is 7.93. The van der Waals surface area contributed by atoms with Crippen LogP contribution in [0, 0.1) is 0 Å². The summed E-state index contributed by atoms with van der Waals surface area (Å²) in [6.45, 7) is 6.23. The van der Waals surface area contributed by atoms with Gasteiger partial charge in [0.1, 0.15) is 11.2 Å². The first-order valence-electron chi connectivity index (χ1n) is 7.93. The van der Waals surface area contributed by atoms with E-state index in [9.17, 15) is 14.4 Å². The molecule has 0 unspecified atom stereocenters. The number of ether oxygens (including phenoxy) is 1. The number of nitrogens with two attached hydrogens (primary N) is 1. The second kappa shape index (κ2) is 6.99. The maximum Gasteiger partial charge on any atom is 0.410 e. The van der Waals surface area contributed by atoms with E-state index >= 15 is 0 Å². The Balaban J connectivity index is 2.15. The fraction of sp³-hybridized carbons (Fsp3) is 0.600. The van der Waals surface area contributed by atoms with Crippen molar-refractivity contribution in [3.05, 3.63) is 32.6 Å². The Morgan fingerprint density at radius 1 is 1.36 bits per heavy atom. The zero-order chi connectivity index (χ0) is 18.8. The zero-order valence-corrected chi connectivity index (χ0v) is 14.5. The lowest BCUT2D eigenvalue weighted by molar-refractivity contribution is 0.0187. The second-order valence-electron chi connectivity index (χ2n) is 6.89. The van der Waals surface area contributed by atoms with Gasteiger partial charge in [-0.3, -0.25) is 14.3 Å². The van der Waals surface area contributed by atoms with Gasteiger partial charge in [-0.1, -0.05) is 5.16 Å². The SMILES string of the molecule is CC(C)(C)OC(=O)N1CCC(n2cc(C(N)=NO)c(=O)[nH]c2=O)CC1. The van der Waals surface area contributed by atoms with Crippen molar-refractivity contribution in [2.75, 3.05) is 13.1 Å². The molecule has 1 aromatic rings. The third kappa shape index (κ3) is 4.40. The number of hydrogen-bond donors (Lipinski definition) is 3. The molecule has 2 rings (SSSR count). The molecule has 0 aliphatic carbocycles. The van der Waals surface area contributed by atoms with Crippen LogP contribution in [-0.4, -0.2) is 50.3 Å². The maximum absolute atomic E-state index is 12.1. The fourth-order valence-corrected chi connectivity index (χ4v) is 2.65. The molecule has 25 heavy (non-hydrogen) atoms. The van der Waals surface area contributed by atoms with Gasteiger partial charge in [0.05, 0.1) is 0 Å². The van der Waals surface area contributed by atoms with E-state index in [1.807, 2.05) is 0 Å². The van der Waals surface area contributed by atoms with E-state index in [0.29, 0.717) is 25.9 Å². The first-order chi connectivity index (χ1) is 11.6. The van der Waals surface area contributed by atoms with E-state index in [0.717, 1.165) is 0 Å². The van der Waals surface area contributed by atoms with Gasteiger partial charge in [0, 0.05) is 25.3 Å². The number of likely N-dealkylation sites (tertiary alicyclic amines) is 1. The standard InChI is InChI=1S/C15H23N5O5/c1-15(2,3)25-14(23)19-6-4-9(5-7-19)20-8-10(11(16)18-24)12(21)17-13(20)22/h8-9,24H,4-7H2,1-3H3,(H2,16,18)(H,17,21,22). The van der Waals surface area contributed by atoms with Crippen LogP contribution in [0.2, 0.25) is 0 Å². The molecule has 1 amide bonds. The van der Waals surface area contributed by atoms with Crippen LogP contribution in [0.15, 0.2) is 20.9 Å². The van der Waals surface area contributed by atoms with Crippen molar-refractivity contribution < 1.29 is 14.7 Å². The van der Waals surface area contributed by atoms with Crippen molar-refractivity contribution in [3.63, 3.8) is 0 Å². The van der Waals surface area contributed by atoms with Crippen molar-refractivity contribution in [2.24, 2.45) is 10.9 Å². The van der Waals surface area contributed by atoms with Crippen LogP contribution in [0.5, 0.6) is 0 Å². The van der Waals surface area contributed by atoms with E-state index in [1.54, 1.807) is 25.7 Å². The van der Waals surface area contributed by atoms with E-state index < -0.39 is 22.9 Å². The van der Waals surface area contributed by atoms with Crippen LogP contribution < -0.4 is 17.0 Å². The molecule has 0 radical (unpaired) electrons. The maximum atomic E-state index is 12.1. The molecule has 0 spiro atoms. The predicted molar refractivity (Wildman–Crippen MR) is 89.9 cm³/mol.